The van der Waals surface area contributed by atoms with E-state index in [9.17, 15) is 9.59 Å². The summed E-state index contributed by atoms with van der Waals surface area (Å²) in [5, 5.41) is 0.242. The molecule has 1 aromatic carbocycles. The fraction of sp³-hybridized carbons (Fsp3) is 0.353. The van der Waals surface area contributed by atoms with Gasteiger partial charge < -0.3 is 19.1 Å². The van der Waals surface area contributed by atoms with Crippen molar-refractivity contribution in [2.75, 3.05) is 34.9 Å². The number of esters is 1. The van der Waals surface area contributed by atoms with Gasteiger partial charge in [0.15, 0.2) is 5.11 Å². The Morgan fingerprint density at radius 2 is 1.92 bits per heavy atom. The molecule has 25 heavy (non-hydrogen) atoms. The first-order chi connectivity index (χ1) is 11.8. The summed E-state index contributed by atoms with van der Waals surface area (Å²) in [5.41, 5.74) is 1.76. The number of rotatable bonds is 5. The van der Waals surface area contributed by atoms with E-state index in [1.807, 2.05) is 6.92 Å². The smallest absolute Gasteiger partial charge is 0.325 e. The van der Waals surface area contributed by atoms with Gasteiger partial charge in [0.2, 0.25) is 0 Å². The molecule has 8 heteroatoms. The molecule has 0 saturated carbocycles. The quantitative estimate of drug-likeness (QED) is 0.446. The van der Waals surface area contributed by atoms with Gasteiger partial charge in [0.05, 0.1) is 21.3 Å². The molecule has 1 heterocycles. The van der Waals surface area contributed by atoms with Crippen LogP contribution in [0.2, 0.25) is 0 Å². The second kappa shape index (κ2) is 7.52. The van der Waals surface area contributed by atoms with Crippen LogP contribution in [-0.4, -0.2) is 61.7 Å². The van der Waals surface area contributed by atoms with Crippen LogP contribution in [0.5, 0.6) is 11.5 Å². The molecule has 1 aliphatic rings. The Labute approximate surface area is 151 Å². The van der Waals surface area contributed by atoms with Gasteiger partial charge >= 0.3 is 5.97 Å². The number of nitrogens with zero attached hydrogens (tertiary/aromatic N) is 2. The first-order valence-electron chi connectivity index (χ1n) is 7.45. The van der Waals surface area contributed by atoms with Gasteiger partial charge in [-0.2, -0.15) is 0 Å². The van der Waals surface area contributed by atoms with Crippen molar-refractivity contribution in [3.05, 3.63) is 29.0 Å². The SMILES string of the molecule is COC(=O)CN1C(=S)N(C)C(=O)C1=Cc1ccc(OC)c(C)c1OC. The maximum atomic E-state index is 12.5. The van der Waals surface area contributed by atoms with Gasteiger partial charge in [0, 0.05) is 18.2 Å². The van der Waals surface area contributed by atoms with Crippen LogP contribution in [0.3, 0.4) is 0 Å². The molecule has 1 saturated heterocycles. The minimum absolute atomic E-state index is 0.144. The lowest BCUT2D eigenvalue weighted by atomic mass is 10.1. The monoisotopic (exact) mass is 364 g/mol. The molecule has 0 aromatic heterocycles. The third-order valence-corrected chi connectivity index (χ3v) is 4.44. The third kappa shape index (κ3) is 3.43. The zero-order chi connectivity index (χ0) is 18.7. The highest BCUT2D eigenvalue weighted by atomic mass is 32.1. The lowest BCUT2D eigenvalue weighted by molar-refractivity contribution is -0.140. The predicted octanol–water partition coefficient (Wildman–Crippen LogP) is 1.59. The molecule has 2 rings (SSSR count). The molecule has 0 spiro atoms. The van der Waals surface area contributed by atoms with Gasteiger partial charge in [0.1, 0.15) is 23.7 Å². The van der Waals surface area contributed by atoms with E-state index in [0.717, 1.165) is 5.56 Å². The van der Waals surface area contributed by atoms with E-state index < -0.39 is 5.97 Å². The Hall–Kier alpha value is -2.61. The number of methoxy groups -OCH3 is 3. The van der Waals surface area contributed by atoms with Crippen LogP contribution in [0.1, 0.15) is 11.1 Å². The summed E-state index contributed by atoms with van der Waals surface area (Å²) < 4.78 is 15.4. The van der Waals surface area contributed by atoms with Gasteiger partial charge in [-0.3, -0.25) is 14.5 Å². The van der Waals surface area contributed by atoms with Gasteiger partial charge in [-0.15, -0.1) is 0 Å². The molecule has 0 radical (unpaired) electrons. The molecule has 0 aliphatic carbocycles. The van der Waals surface area contributed by atoms with Crippen LogP contribution in [-0.2, 0) is 14.3 Å². The number of benzene rings is 1. The standard InChI is InChI=1S/C17H20N2O5S/c1-10-13(22-3)7-6-11(15(10)24-5)8-12-16(21)18(2)17(25)19(12)9-14(20)23-4/h6-8H,9H2,1-5H3. The Balaban J connectivity index is 2.53. The van der Waals surface area contributed by atoms with Gasteiger partial charge in [-0.05, 0) is 37.4 Å². The van der Waals surface area contributed by atoms with E-state index in [1.165, 1.54) is 16.9 Å². The van der Waals surface area contributed by atoms with Crippen molar-refractivity contribution >= 4 is 35.3 Å². The maximum absolute atomic E-state index is 12.5. The lowest BCUT2D eigenvalue weighted by Gasteiger charge is -2.17. The minimum atomic E-state index is -0.491. The summed E-state index contributed by atoms with van der Waals surface area (Å²) >= 11 is 5.26. The number of carbonyl (C=O) groups excluding carboxylic acids is 2. The molecule has 1 aromatic rings. The number of thiocarbonyl (C=S) groups is 1. The average molecular weight is 364 g/mol. The Bertz CT molecular complexity index is 760. The zero-order valence-electron chi connectivity index (χ0n) is 14.8. The highest BCUT2D eigenvalue weighted by Crippen LogP contribution is 2.34. The molecule has 134 valence electrons. The molecular formula is C17H20N2O5S. The first-order valence-corrected chi connectivity index (χ1v) is 7.86. The topological polar surface area (TPSA) is 68.3 Å². The highest BCUT2D eigenvalue weighted by molar-refractivity contribution is 7.80. The van der Waals surface area contributed by atoms with Crippen LogP contribution < -0.4 is 9.47 Å². The molecule has 7 nitrogen and oxygen atoms in total. The molecule has 1 amide bonds. The summed E-state index contributed by atoms with van der Waals surface area (Å²) in [6, 6.07) is 3.57. The van der Waals surface area contributed by atoms with E-state index in [2.05, 4.69) is 4.74 Å². The summed E-state index contributed by atoms with van der Waals surface area (Å²) in [7, 11) is 5.97. The fourth-order valence-corrected chi connectivity index (χ4v) is 2.84. The Morgan fingerprint density at radius 1 is 1.24 bits per heavy atom. The summed E-state index contributed by atoms with van der Waals surface area (Å²) in [4.78, 5) is 26.9. The van der Waals surface area contributed by atoms with Crippen LogP contribution in [0.4, 0.5) is 0 Å². The minimum Gasteiger partial charge on any atom is -0.496 e. The Morgan fingerprint density at radius 3 is 2.48 bits per heavy atom. The summed E-state index contributed by atoms with van der Waals surface area (Å²) in [6.45, 7) is 1.72. The van der Waals surface area contributed by atoms with E-state index in [4.69, 9.17) is 21.7 Å². The van der Waals surface area contributed by atoms with Crippen molar-refractivity contribution in [1.29, 1.82) is 0 Å². The number of hydrogen-bond donors (Lipinski definition) is 0. The van der Waals surface area contributed by atoms with Crippen molar-refractivity contribution in [3.63, 3.8) is 0 Å². The van der Waals surface area contributed by atoms with Gasteiger partial charge in [-0.1, -0.05) is 0 Å². The number of carbonyl (C=O) groups is 2. The number of ether oxygens (including phenoxy) is 3. The lowest BCUT2D eigenvalue weighted by Crippen LogP contribution is -2.33. The van der Waals surface area contributed by atoms with E-state index >= 15 is 0 Å². The number of amides is 1. The van der Waals surface area contributed by atoms with Crippen molar-refractivity contribution < 1.29 is 23.8 Å². The van der Waals surface area contributed by atoms with Crippen LogP contribution >= 0.6 is 12.2 Å². The molecule has 0 bridgehead atoms. The van der Waals surface area contributed by atoms with Crippen molar-refractivity contribution in [2.24, 2.45) is 0 Å². The summed E-state index contributed by atoms with van der Waals surface area (Å²) in [6.07, 6.45) is 1.65. The largest absolute Gasteiger partial charge is 0.496 e. The third-order valence-electron chi connectivity index (χ3n) is 3.95. The predicted molar refractivity (Wildman–Crippen MR) is 96.4 cm³/mol. The van der Waals surface area contributed by atoms with Crippen LogP contribution in [0.15, 0.2) is 17.8 Å². The molecule has 0 N–H and O–H groups in total. The molecule has 0 unspecified atom stereocenters. The highest BCUT2D eigenvalue weighted by Gasteiger charge is 2.37. The van der Waals surface area contributed by atoms with E-state index in [1.54, 1.807) is 39.5 Å². The normalized spacial score (nSPS) is 15.8. The fourth-order valence-electron chi connectivity index (χ4n) is 2.59. The molecule has 1 aliphatic heterocycles. The molecule has 1 fully saturated rings. The number of likely N-dealkylation sites (N-methyl/N-ethyl adjacent to an activating group) is 1. The second-order valence-electron chi connectivity index (χ2n) is 5.35. The molecule has 0 atom stereocenters. The van der Waals surface area contributed by atoms with Gasteiger partial charge in [-0.25, -0.2) is 0 Å². The Kier molecular flexibility index (Phi) is 5.63. The molecular weight excluding hydrogens is 344 g/mol. The first kappa shape index (κ1) is 18.7. The van der Waals surface area contributed by atoms with Crippen molar-refractivity contribution in [2.45, 2.75) is 6.92 Å². The van der Waals surface area contributed by atoms with Crippen LogP contribution in [0.25, 0.3) is 6.08 Å². The summed E-state index contributed by atoms with van der Waals surface area (Å²) in [5.74, 6) is 0.465. The van der Waals surface area contributed by atoms with E-state index in [-0.39, 0.29) is 23.3 Å². The second-order valence-corrected chi connectivity index (χ2v) is 5.72. The van der Waals surface area contributed by atoms with Gasteiger partial charge in [0.25, 0.3) is 5.91 Å². The number of hydrogen-bond acceptors (Lipinski definition) is 6. The maximum Gasteiger partial charge on any atom is 0.325 e. The zero-order valence-corrected chi connectivity index (χ0v) is 15.6. The average Bonchev–Trinajstić information content (AvgIpc) is 2.80. The van der Waals surface area contributed by atoms with Crippen molar-refractivity contribution in [1.82, 2.24) is 9.80 Å². The van der Waals surface area contributed by atoms with Crippen molar-refractivity contribution in [3.8, 4) is 11.5 Å². The van der Waals surface area contributed by atoms with Crippen LogP contribution in [0, 0.1) is 6.92 Å². The van der Waals surface area contributed by atoms with E-state index in [0.29, 0.717) is 17.1 Å².